The molecule has 0 radical (unpaired) electrons. The molecule has 4 rings (SSSR count). The summed E-state index contributed by atoms with van der Waals surface area (Å²) in [6.45, 7) is 0.454. The minimum atomic E-state index is -0.379. The SMILES string of the molecule is COC(CNc1ncnc2c1c(-c1ccccc1)cn2-c1cccc(Cl)c1)OC. The van der Waals surface area contributed by atoms with Crippen molar-refractivity contribution in [2.24, 2.45) is 0 Å². The molecular weight excluding hydrogens is 388 g/mol. The van der Waals surface area contributed by atoms with Crippen LogP contribution in [0.15, 0.2) is 67.1 Å². The van der Waals surface area contributed by atoms with E-state index in [0.29, 0.717) is 17.4 Å². The topological polar surface area (TPSA) is 61.2 Å². The quantitative estimate of drug-likeness (QED) is 0.446. The van der Waals surface area contributed by atoms with E-state index in [0.717, 1.165) is 27.8 Å². The number of nitrogens with one attached hydrogen (secondary N) is 1. The molecule has 148 valence electrons. The lowest BCUT2D eigenvalue weighted by molar-refractivity contribution is -0.0914. The number of nitrogens with zero attached hydrogens (tertiary/aromatic N) is 3. The number of methoxy groups -OCH3 is 2. The second-order valence-electron chi connectivity index (χ2n) is 6.46. The number of aromatic nitrogens is 3. The summed E-state index contributed by atoms with van der Waals surface area (Å²) in [5.41, 5.74) is 3.82. The molecule has 0 saturated carbocycles. The third-order valence-electron chi connectivity index (χ3n) is 4.72. The molecule has 0 saturated heterocycles. The van der Waals surface area contributed by atoms with Crippen LogP contribution in [0.3, 0.4) is 0 Å². The average molecular weight is 409 g/mol. The summed E-state index contributed by atoms with van der Waals surface area (Å²) in [6, 6.07) is 17.9. The molecule has 2 aromatic heterocycles. The van der Waals surface area contributed by atoms with Crippen molar-refractivity contribution in [3.8, 4) is 16.8 Å². The summed E-state index contributed by atoms with van der Waals surface area (Å²) in [7, 11) is 3.22. The molecule has 4 aromatic rings. The number of ether oxygens (including phenoxy) is 2. The Labute approximate surface area is 174 Å². The van der Waals surface area contributed by atoms with Crippen molar-refractivity contribution in [1.29, 1.82) is 0 Å². The summed E-state index contributed by atoms with van der Waals surface area (Å²) in [5, 5.41) is 4.92. The largest absolute Gasteiger partial charge is 0.364 e. The van der Waals surface area contributed by atoms with Gasteiger partial charge in [-0.1, -0.05) is 48.0 Å². The highest BCUT2D eigenvalue weighted by atomic mass is 35.5. The summed E-state index contributed by atoms with van der Waals surface area (Å²) in [4.78, 5) is 9.05. The van der Waals surface area contributed by atoms with Gasteiger partial charge < -0.3 is 19.4 Å². The van der Waals surface area contributed by atoms with Crippen molar-refractivity contribution in [3.63, 3.8) is 0 Å². The van der Waals surface area contributed by atoms with Crippen LogP contribution in [0.4, 0.5) is 5.82 Å². The molecule has 0 fully saturated rings. The van der Waals surface area contributed by atoms with Crippen LogP contribution in [0.25, 0.3) is 27.8 Å². The first-order valence-electron chi connectivity index (χ1n) is 9.18. The minimum Gasteiger partial charge on any atom is -0.364 e. The molecule has 1 N–H and O–H groups in total. The van der Waals surface area contributed by atoms with Gasteiger partial charge in [0.1, 0.15) is 12.1 Å². The van der Waals surface area contributed by atoms with Crippen LogP contribution in [0.5, 0.6) is 0 Å². The van der Waals surface area contributed by atoms with Crippen LogP contribution < -0.4 is 5.32 Å². The van der Waals surface area contributed by atoms with Crippen LogP contribution in [0.2, 0.25) is 5.02 Å². The van der Waals surface area contributed by atoms with Gasteiger partial charge in [0.05, 0.1) is 11.9 Å². The van der Waals surface area contributed by atoms with E-state index in [2.05, 4.69) is 33.6 Å². The van der Waals surface area contributed by atoms with Gasteiger partial charge in [-0.3, -0.25) is 0 Å². The Morgan fingerprint density at radius 2 is 1.83 bits per heavy atom. The number of fused-ring (bicyclic) bond motifs is 1. The van der Waals surface area contributed by atoms with Gasteiger partial charge in [0.2, 0.25) is 0 Å². The van der Waals surface area contributed by atoms with Crippen molar-refractivity contribution in [2.75, 3.05) is 26.1 Å². The van der Waals surface area contributed by atoms with E-state index in [4.69, 9.17) is 21.1 Å². The van der Waals surface area contributed by atoms with Gasteiger partial charge in [0.15, 0.2) is 11.9 Å². The van der Waals surface area contributed by atoms with E-state index in [1.54, 1.807) is 20.5 Å². The van der Waals surface area contributed by atoms with E-state index in [1.165, 1.54) is 0 Å². The molecule has 7 heteroatoms. The van der Waals surface area contributed by atoms with Gasteiger partial charge in [0, 0.05) is 36.7 Å². The molecule has 0 aliphatic heterocycles. The standard InChI is InChI=1S/C22H21ClN4O2/c1-28-19(29-2)12-24-21-20-18(15-7-4-3-5-8-15)13-27(22(20)26-14-25-21)17-10-6-9-16(23)11-17/h3-11,13-14,19H,12H2,1-2H3,(H,24,25,26). The molecule has 0 unspecified atom stereocenters. The molecule has 0 amide bonds. The van der Waals surface area contributed by atoms with Crippen LogP contribution in [0.1, 0.15) is 0 Å². The number of benzene rings is 2. The Morgan fingerprint density at radius 3 is 2.55 bits per heavy atom. The first-order chi connectivity index (χ1) is 14.2. The van der Waals surface area contributed by atoms with Crippen molar-refractivity contribution >= 4 is 28.5 Å². The lowest BCUT2D eigenvalue weighted by Gasteiger charge is -2.15. The molecule has 6 nitrogen and oxygen atoms in total. The monoisotopic (exact) mass is 408 g/mol. The highest BCUT2D eigenvalue weighted by Crippen LogP contribution is 2.35. The van der Waals surface area contributed by atoms with E-state index < -0.39 is 0 Å². The maximum Gasteiger partial charge on any atom is 0.173 e. The van der Waals surface area contributed by atoms with Crippen LogP contribution in [-0.4, -0.2) is 41.6 Å². The fourth-order valence-electron chi connectivity index (χ4n) is 3.30. The molecule has 2 heterocycles. The Balaban J connectivity index is 1.89. The number of anilines is 1. The Bertz CT molecular complexity index is 1110. The molecule has 0 bridgehead atoms. The summed E-state index contributed by atoms with van der Waals surface area (Å²) < 4.78 is 12.6. The fourth-order valence-corrected chi connectivity index (χ4v) is 3.48. The van der Waals surface area contributed by atoms with Gasteiger partial charge in [0.25, 0.3) is 0 Å². The van der Waals surface area contributed by atoms with Crippen molar-refractivity contribution < 1.29 is 9.47 Å². The van der Waals surface area contributed by atoms with Crippen molar-refractivity contribution in [3.05, 3.63) is 72.1 Å². The fraction of sp³-hybridized carbons (Fsp3) is 0.182. The number of halogens is 1. The summed E-state index contributed by atoms with van der Waals surface area (Å²) >= 11 is 6.23. The zero-order valence-corrected chi connectivity index (χ0v) is 16.9. The molecule has 2 aromatic carbocycles. The van der Waals surface area contributed by atoms with E-state index >= 15 is 0 Å². The highest BCUT2D eigenvalue weighted by Gasteiger charge is 2.18. The predicted molar refractivity (Wildman–Crippen MR) is 116 cm³/mol. The maximum atomic E-state index is 6.23. The summed E-state index contributed by atoms with van der Waals surface area (Å²) in [6.07, 6.45) is 3.24. The maximum absolute atomic E-state index is 6.23. The first-order valence-corrected chi connectivity index (χ1v) is 9.56. The zero-order chi connectivity index (χ0) is 20.2. The number of hydrogen-bond acceptors (Lipinski definition) is 5. The van der Waals surface area contributed by atoms with E-state index in [9.17, 15) is 0 Å². The zero-order valence-electron chi connectivity index (χ0n) is 16.2. The molecular formula is C22H21ClN4O2. The van der Waals surface area contributed by atoms with Crippen molar-refractivity contribution in [2.45, 2.75) is 6.29 Å². The summed E-state index contributed by atoms with van der Waals surface area (Å²) in [5.74, 6) is 0.716. The van der Waals surface area contributed by atoms with Crippen LogP contribution in [-0.2, 0) is 9.47 Å². The average Bonchev–Trinajstić information content (AvgIpc) is 3.16. The molecule has 0 spiro atoms. The third kappa shape index (κ3) is 3.96. The Kier molecular flexibility index (Phi) is 5.76. The second kappa shape index (κ2) is 8.61. The van der Waals surface area contributed by atoms with Gasteiger partial charge >= 0.3 is 0 Å². The van der Waals surface area contributed by atoms with Crippen molar-refractivity contribution in [1.82, 2.24) is 14.5 Å². The Hall–Kier alpha value is -2.93. The highest BCUT2D eigenvalue weighted by molar-refractivity contribution is 6.30. The second-order valence-corrected chi connectivity index (χ2v) is 6.90. The number of hydrogen-bond donors (Lipinski definition) is 1. The van der Waals surface area contributed by atoms with Gasteiger partial charge in [-0.25, -0.2) is 9.97 Å². The van der Waals surface area contributed by atoms with Crippen LogP contribution >= 0.6 is 11.6 Å². The first kappa shape index (κ1) is 19.4. The van der Waals surface area contributed by atoms with Gasteiger partial charge in [-0.15, -0.1) is 0 Å². The lowest BCUT2D eigenvalue weighted by Crippen LogP contribution is -2.24. The number of rotatable bonds is 7. The van der Waals surface area contributed by atoms with E-state index in [-0.39, 0.29) is 6.29 Å². The molecule has 29 heavy (non-hydrogen) atoms. The van der Waals surface area contributed by atoms with E-state index in [1.807, 2.05) is 47.0 Å². The minimum absolute atomic E-state index is 0.379. The Morgan fingerprint density at radius 1 is 1.03 bits per heavy atom. The molecule has 0 aliphatic carbocycles. The predicted octanol–water partition coefficient (Wildman–Crippen LogP) is 4.77. The van der Waals surface area contributed by atoms with Gasteiger partial charge in [-0.05, 0) is 23.8 Å². The lowest BCUT2D eigenvalue weighted by atomic mass is 10.1. The molecule has 0 atom stereocenters. The molecule has 0 aliphatic rings. The normalized spacial score (nSPS) is 11.3. The third-order valence-corrected chi connectivity index (χ3v) is 4.95. The van der Waals surface area contributed by atoms with Gasteiger partial charge in [-0.2, -0.15) is 0 Å². The van der Waals surface area contributed by atoms with Crippen LogP contribution in [0, 0.1) is 0 Å². The smallest absolute Gasteiger partial charge is 0.173 e.